The van der Waals surface area contributed by atoms with Crippen LogP contribution in [0.3, 0.4) is 0 Å². The van der Waals surface area contributed by atoms with Crippen molar-refractivity contribution in [2.75, 3.05) is 6.54 Å². The summed E-state index contributed by atoms with van der Waals surface area (Å²) >= 11 is 0. The van der Waals surface area contributed by atoms with Crippen LogP contribution in [-0.4, -0.2) is 38.0 Å². The van der Waals surface area contributed by atoms with Gasteiger partial charge in [-0.25, -0.2) is 0 Å². The molecule has 19 heavy (non-hydrogen) atoms. The zero-order valence-corrected chi connectivity index (χ0v) is 10.4. The predicted octanol–water partition coefficient (Wildman–Crippen LogP) is -0.513. The lowest BCUT2D eigenvalue weighted by atomic mass is 10.2. The molecule has 0 radical (unpaired) electrons. The van der Waals surface area contributed by atoms with Crippen LogP contribution in [0.1, 0.15) is 10.4 Å². The highest BCUT2D eigenvalue weighted by atomic mass is 32.3. The summed E-state index contributed by atoms with van der Waals surface area (Å²) in [4.78, 5) is 21.4. The van der Waals surface area contributed by atoms with Crippen LogP contribution in [0, 0.1) is 0 Å². The van der Waals surface area contributed by atoms with Crippen molar-refractivity contribution in [3.05, 3.63) is 29.8 Å². The van der Waals surface area contributed by atoms with Crippen molar-refractivity contribution < 1.29 is 27.0 Å². The zero-order chi connectivity index (χ0) is 14.6. The van der Waals surface area contributed by atoms with Gasteiger partial charge in [-0.2, -0.15) is 8.42 Å². The van der Waals surface area contributed by atoms with Crippen molar-refractivity contribution in [3.63, 3.8) is 0 Å². The molecule has 0 aromatic heterocycles. The number of carboxylic acids is 1. The molecule has 7 nitrogen and oxygen atoms in total. The number of nitrogens with two attached hydrogens (primary N) is 1. The van der Waals surface area contributed by atoms with Crippen LogP contribution < -0.4 is 11.1 Å². The second-order valence-electron chi connectivity index (χ2n) is 3.62. The van der Waals surface area contributed by atoms with Crippen LogP contribution in [0.2, 0.25) is 0 Å². The quantitative estimate of drug-likeness (QED) is 0.627. The van der Waals surface area contributed by atoms with E-state index < -0.39 is 33.0 Å². The first-order valence-electron chi connectivity index (χ1n) is 5.03. The van der Waals surface area contributed by atoms with Gasteiger partial charge < -0.3 is 16.2 Å². The number of amides is 1. The Balaban J connectivity index is 2.71. The zero-order valence-electron chi connectivity index (χ0n) is 9.54. The Labute approximate surface area is 108 Å². The molecule has 1 amide bonds. The molecular formula is C10H11FN2O5S. The molecule has 1 atom stereocenters. The molecule has 0 saturated heterocycles. The maximum absolute atomic E-state index is 12.6. The molecule has 0 aliphatic heterocycles. The Morgan fingerprint density at radius 3 is 2.26 bits per heavy atom. The monoisotopic (exact) mass is 290 g/mol. The number of carbonyl (C=O) groups excluding carboxylic acids is 1. The number of nitrogens with one attached hydrogen (secondary N) is 1. The van der Waals surface area contributed by atoms with Gasteiger partial charge in [0.15, 0.2) is 0 Å². The highest BCUT2D eigenvalue weighted by Crippen LogP contribution is 2.12. The number of hydrogen-bond acceptors (Lipinski definition) is 5. The van der Waals surface area contributed by atoms with Gasteiger partial charge in [0.1, 0.15) is 6.04 Å². The Hall–Kier alpha value is -2.00. The number of rotatable bonds is 5. The van der Waals surface area contributed by atoms with E-state index in [1.165, 1.54) is 0 Å². The summed E-state index contributed by atoms with van der Waals surface area (Å²) in [5, 5.41) is 10.8. The van der Waals surface area contributed by atoms with Gasteiger partial charge in [0.05, 0.1) is 4.90 Å². The lowest BCUT2D eigenvalue weighted by molar-refractivity contribution is -0.138. The third-order valence-corrected chi connectivity index (χ3v) is 3.03. The normalized spacial score (nSPS) is 12.7. The van der Waals surface area contributed by atoms with Crippen molar-refractivity contribution in [2.45, 2.75) is 10.9 Å². The Morgan fingerprint density at radius 2 is 1.84 bits per heavy atom. The second-order valence-corrected chi connectivity index (χ2v) is 4.96. The van der Waals surface area contributed by atoms with E-state index >= 15 is 0 Å². The summed E-state index contributed by atoms with van der Waals surface area (Å²) in [5.74, 6) is -1.90. The van der Waals surface area contributed by atoms with E-state index in [2.05, 4.69) is 5.32 Å². The van der Waals surface area contributed by atoms with Crippen LogP contribution >= 0.6 is 0 Å². The standard InChI is InChI=1S/C10H11FN2O5S/c11-19(17,18)7-3-1-6(2-4-7)9(14)13-5-8(12)10(15)16/h1-4,8H,5,12H2,(H,13,14)(H,15,16)/t8-/m0/s1. The van der Waals surface area contributed by atoms with Gasteiger partial charge in [0.2, 0.25) is 0 Å². The molecule has 1 aromatic rings. The van der Waals surface area contributed by atoms with E-state index in [4.69, 9.17) is 10.8 Å². The topological polar surface area (TPSA) is 127 Å². The summed E-state index contributed by atoms with van der Waals surface area (Å²) in [6.07, 6.45) is 0. The lowest BCUT2D eigenvalue weighted by Crippen LogP contribution is -2.42. The number of carboxylic acid groups (broad SMARTS) is 1. The average molecular weight is 290 g/mol. The van der Waals surface area contributed by atoms with E-state index in [-0.39, 0.29) is 12.1 Å². The predicted molar refractivity (Wildman–Crippen MR) is 62.7 cm³/mol. The molecule has 4 N–H and O–H groups in total. The SMILES string of the molecule is N[C@@H](CNC(=O)c1ccc(S(=O)(=O)F)cc1)C(=O)O. The Kier molecular flexibility index (Phi) is 4.57. The van der Waals surface area contributed by atoms with Gasteiger partial charge in [-0.15, -0.1) is 3.89 Å². The van der Waals surface area contributed by atoms with Gasteiger partial charge in [-0.05, 0) is 24.3 Å². The van der Waals surface area contributed by atoms with Crippen molar-refractivity contribution in [2.24, 2.45) is 5.73 Å². The molecule has 0 spiro atoms. The molecule has 1 rings (SSSR count). The first-order chi connectivity index (χ1) is 8.71. The molecule has 104 valence electrons. The van der Waals surface area contributed by atoms with Gasteiger partial charge in [-0.1, -0.05) is 0 Å². The molecular weight excluding hydrogens is 279 g/mol. The van der Waals surface area contributed by atoms with Gasteiger partial charge in [0.25, 0.3) is 5.91 Å². The maximum atomic E-state index is 12.6. The number of halogens is 1. The summed E-state index contributed by atoms with van der Waals surface area (Å²) in [6.45, 7) is -0.280. The first kappa shape index (κ1) is 15.1. The molecule has 0 fully saturated rings. The van der Waals surface area contributed by atoms with Gasteiger partial charge in [0, 0.05) is 12.1 Å². The smallest absolute Gasteiger partial charge is 0.332 e. The molecule has 0 bridgehead atoms. The third-order valence-electron chi connectivity index (χ3n) is 2.20. The summed E-state index contributed by atoms with van der Waals surface area (Å²) in [6, 6.07) is 2.83. The van der Waals surface area contributed by atoms with Crippen LogP contribution in [0.5, 0.6) is 0 Å². The number of carbonyl (C=O) groups is 2. The Morgan fingerprint density at radius 1 is 1.32 bits per heavy atom. The fourth-order valence-corrected chi connectivity index (χ4v) is 1.62. The van der Waals surface area contributed by atoms with Crippen LogP contribution in [0.25, 0.3) is 0 Å². The lowest BCUT2D eigenvalue weighted by Gasteiger charge is -2.08. The molecule has 0 unspecified atom stereocenters. The van der Waals surface area contributed by atoms with Gasteiger partial charge >= 0.3 is 16.2 Å². The average Bonchev–Trinajstić information content (AvgIpc) is 2.34. The molecule has 0 heterocycles. The van der Waals surface area contributed by atoms with Gasteiger partial charge in [-0.3, -0.25) is 9.59 Å². The molecule has 1 aromatic carbocycles. The Bertz CT molecular complexity index is 584. The largest absolute Gasteiger partial charge is 0.480 e. The first-order valence-corrected chi connectivity index (χ1v) is 6.41. The highest BCUT2D eigenvalue weighted by molar-refractivity contribution is 7.86. The van der Waals surface area contributed by atoms with Crippen molar-refractivity contribution in [1.82, 2.24) is 5.32 Å². The van der Waals surface area contributed by atoms with E-state index in [0.717, 1.165) is 24.3 Å². The van der Waals surface area contributed by atoms with Crippen molar-refractivity contribution >= 4 is 22.1 Å². The summed E-state index contributed by atoms with van der Waals surface area (Å²) < 4.78 is 33.7. The van der Waals surface area contributed by atoms with Crippen LogP contribution in [-0.2, 0) is 15.0 Å². The summed E-state index contributed by atoms with van der Waals surface area (Å²) in [5.41, 5.74) is 5.24. The number of benzene rings is 1. The van der Waals surface area contributed by atoms with E-state index in [0.29, 0.717) is 0 Å². The van der Waals surface area contributed by atoms with E-state index in [9.17, 15) is 21.9 Å². The second kappa shape index (κ2) is 5.76. The van der Waals surface area contributed by atoms with E-state index in [1.54, 1.807) is 0 Å². The molecule has 9 heteroatoms. The third kappa shape index (κ3) is 4.30. The highest BCUT2D eigenvalue weighted by Gasteiger charge is 2.15. The fourth-order valence-electron chi connectivity index (χ4n) is 1.16. The van der Waals surface area contributed by atoms with Crippen LogP contribution in [0.15, 0.2) is 29.2 Å². The van der Waals surface area contributed by atoms with Crippen molar-refractivity contribution in [1.29, 1.82) is 0 Å². The molecule has 0 saturated carbocycles. The van der Waals surface area contributed by atoms with E-state index in [1.807, 2.05) is 0 Å². The summed E-state index contributed by atoms with van der Waals surface area (Å²) in [7, 11) is -4.81. The minimum Gasteiger partial charge on any atom is -0.480 e. The van der Waals surface area contributed by atoms with Crippen LogP contribution in [0.4, 0.5) is 3.89 Å². The minimum absolute atomic E-state index is 0.0602. The fraction of sp³-hybridized carbons (Fsp3) is 0.200. The molecule has 0 aliphatic rings. The maximum Gasteiger partial charge on any atom is 0.332 e. The number of hydrogen-bond donors (Lipinski definition) is 3. The van der Waals surface area contributed by atoms with Crippen molar-refractivity contribution in [3.8, 4) is 0 Å². The molecule has 0 aliphatic carbocycles. The number of aliphatic carboxylic acids is 1. The minimum atomic E-state index is -4.81.